The Morgan fingerprint density at radius 1 is 1.33 bits per heavy atom. The van der Waals surface area contributed by atoms with Crippen molar-refractivity contribution in [2.24, 2.45) is 0 Å². The van der Waals surface area contributed by atoms with Crippen LogP contribution in [0.15, 0.2) is 36.7 Å². The molecular weight excluding hydrogens is 366 g/mol. The standard InChI is InChI=1S/C18H21N5O3S/c1-2-26-18(25)22-10-8-21(9-11-22)14(13-6-4-3-5-7-13)15-16(24)23-17(27-15)19-12-20-23/h3-7,12,14,24H,2,8-11H2,1H3/p+1/t14-/m0/s1. The quantitative estimate of drug-likeness (QED) is 0.695. The SMILES string of the molecule is CCOC(=O)N1CC[NH+]([C@@H](c2ccccc2)c2sc3ncnn3c2O)CC1. The van der Waals surface area contributed by atoms with E-state index in [0.717, 1.165) is 23.5 Å². The van der Waals surface area contributed by atoms with E-state index >= 15 is 0 Å². The monoisotopic (exact) mass is 388 g/mol. The Morgan fingerprint density at radius 3 is 2.74 bits per heavy atom. The van der Waals surface area contributed by atoms with Crippen LogP contribution in [0.1, 0.15) is 23.4 Å². The molecule has 9 heteroatoms. The van der Waals surface area contributed by atoms with Gasteiger partial charge in [0, 0.05) is 5.56 Å². The molecule has 1 atom stereocenters. The summed E-state index contributed by atoms with van der Waals surface area (Å²) in [6.45, 7) is 4.98. The molecule has 2 aromatic heterocycles. The van der Waals surface area contributed by atoms with Gasteiger partial charge in [-0.05, 0) is 6.92 Å². The van der Waals surface area contributed by atoms with Crippen LogP contribution in [0.3, 0.4) is 0 Å². The zero-order valence-corrected chi connectivity index (χ0v) is 15.9. The fourth-order valence-corrected chi connectivity index (χ4v) is 4.70. The molecule has 4 rings (SSSR count). The van der Waals surface area contributed by atoms with Crippen molar-refractivity contribution in [2.45, 2.75) is 13.0 Å². The molecule has 1 aromatic carbocycles. The van der Waals surface area contributed by atoms with Gasteiger partial charge in [-0.3, -0.25) is 4.90 Å². The molecule has 0 bridgehead atoms. The molecular formula is C18H22N5O3S+. The number of hydrogen-bond acceptors (Lipinski definition) is 6. The number of rotatable bonds is 4. The minimum Gasteiger partial charge on any atom is -0.492 e. The third-order valence-electron chi connectivity index (χ3n) is 4.87. The molecule has 0 unspecified atom stereocenters. The Labute approximate surface area is 160 Å². The molecule has 8 nitrogen and oxygen atoms in total. The third-order valence-corrected chi connectivity index (χ3v) is 5.97. The number of carbonyl (C=O) groups excluding carboxylic acids is 1. The molecule has 0 saturated carbocycles. The summed E-state index contributed by atoms with van der Waals surface area (Å²) in [6, 6.07) is 10.1. The smallest absolute Gasteiger partial charge is 0.410 e. The maximum Gasteiger partial charge on any atom is 0.410 e. The lowest BCUT2D eigenvalue weighted by Crippen LogP contribution is -3.15. The zero-order valence-electron chi connectivity index (χ0n) is 15.0. The molecule has 3 aromatic rings. The lowest BCUT2D eigenvalue weighted by atomic mass is 10.0. The first-order valence-electron chi connectivity index (χ1n) is 9.01. The molecule has 2 N–H and O–H groups in total. The maximum absolute atomic E-state index is 12.0. The molecule has 1 aliphatic rings. The Hall–Kier alpha value is -2.65. The molecule has 1 saturated heterocycles. The highest BCUT2D eigenvalue weighted by molar-refractivity contribution is 7.17. The first-order chi connectivity index (χ1) is 13.2. The second kappa shape index (κ2) is 7.53. The number of aromatic hydroxyl groups is 1. The number of piperazine rings is 1. The molecule has 1 fully saturated rings. The first-order valence-corrected chi connectivity index (χ1v) is 9.83. The largest absolute Gasteiger partial charge is 0.492 e. The van der Waals surface area contributed by atoms with Crippen LogP contribution in [0.2, 0.25) is 0 Å². The van der Waals surface area contributed by atoms with Crippen molar-refractivity contribution in [1.82, 2.24) is 19.5 Å². The molecule has 0 radical (unpaired) electrons. The molecule has 0 spiro atoms. The fraction of sp³-hybridized carbons (Fsp3) is 0.389. The summed E-state index contributed by atoms with van der Waals surface area (Å²) < 4.78 is 6.59. The number of nitrogens with zero attached hydrogens (tertiary/aromatic N) is 4. The number of hydrogen-bond donors (Lipinski definition) is 2. The van der Waals surface area contributed by atoms with Crippen molar-refractivity contribution >= 4 is 22.4 Å². The number of amides is 1. The van der Waals surface area contributed by atoms with Gasteiger partial charge < -0.3 is 14.7 Å². The van der Waals surface area contributed by atoms with Gasteiger partial charge in [-0.2, -0.15) is 9.61 Å². The van der Waals surface area contributed by atoms with Crippen LogP contribution in [-0.2, 0) is 4.74 Å². The maximum atomic E-state index is 12.0. The molecule has 3 heterocycles. The van der Waals surface area contributed by atoms with Crippen molar-refractivity contribution < 1.29 is 19.5 Å². The predicted octanol–water partition coefficient (Wildman–Crippen LogP) is 0.943. The predicted molar refractivity (Wildman–Crippen MR) is 100 cm³/mol. The van der Waals surface area contributed by atoms with E-state index < -0.39 is 0 Å². The highest BCUT2D eigenvalue weighted by Crippen LogP contribution is 2.34. The highest BCUT2D eigenvalue weighted by atomic mass is 32.1. The minimum absolute atomic E-state index is 0.0379. The number of aromatic nitrogens is 3. The van der Waals surface area contributed by atoms with Gasteiger partial charge in [-0.25, -0.2) is 9.78 Å². The van der Waals surface area contributed by atoms with Crippen LogP contribution >= 0.6 is 11.3 Å². The number of fused-ring (bicyclic) bond motifs is 1. The van der Waals surface area contributed by atoms with E-state index in [1.807, 2.05) is 25.1 Å². The van der Waals surface area contributed by atoms with Crippen molar-refractivity contribution in [3.8, 4) is 5.88 Å². The molecule has 1 aliphatic heterocycles. The van der Waals surface area contributed by atoms with Gasteiger partial charge in [0.05, 0.1) is 32.8 Å². The summed E-state index contributed by atoms with van der Waals surface area (Å²) >= 11 is 1.46. The fourth-order valence-electron chi connectivity index (χ4n) is 3.58. The van der Waals surface area contributed by atoms with Crippen molar-refractivity contribution in [1.29, 1.82) is 0 Å². The van der Waals surface area contributed by atoms with E-state index in [0.29, 0.717) is 24.7 Å². The summed E-state index contributed by atoms with van der Waals surface area (Å²) in [5.41, 5.74) is 1.12. The topological polar surface area (TPSA) is 84.4 Å². The van der Waals surface area contributed by atoms with Gasteiger partial charge in [0.25, 0.3) is 0 Å². The number of ether oxygens (including phenoxy) is 1. The lowest BCUT2D eigenvalue weighted by Gasteiger charge is -2.35. The first kappa shape index (κ1) is 17.7. The summed E-state index contributed by atoms with van der Waals surface area (Å²) in [7, 11) is 0. The molecule has 142 valence electrons. The highest BCUT2D eigenvalue weighted by Gasteiger charge is 2.35. The summed E-state index contributed by atoms with van der Waals surface area (Å²) in [4.78, 5) is 20.8. The Morgan fingerprint density at radius 2 is 2.07 bits per heavy atom. The number of carbonyl (C=O) groups is 1. The van der Waals surface area contributed by atoms with Crippen molar-refractivity contribution in [3.63, 3.8) is 0 Å². The molecule has 0 aliphatic carbocycles. The number of thiazole rings is 1. The number of nitrogens with one attached hydrogen (secondary N) is 1. The van der Waals surface area contributed by atoms with Crippen LogP contribution in [0.25, 0.3) is 4.96 Å². The third kappa shape index (κ3) is 3.35. The van der Waals surface area contributed by atoms with E-state index in [4.69, 9.17) is 4.74 Å². The average molecular weight is 388 g/mol. The van der Waals surface area contributed by atoms with Gasteiger partial charge in [-0.15, -0.1) is 0 Å². The van der Waals surface area contributed by atoms with Crippen molar-refractivity contribution in [3.05, 3.63) is 47.1 Å². The lowest BCUT2D eigenvalue weighted by molar-refractivity contribution is -0.929. The second-order valence-electron chi connectivity index (χ2n) is 6.43. The van der Waals surface area contributed by atoms with E-state index in [1.165, 1.54) is 27.1 Å². The van der Waals surface area contributed by atoms with Crippen LogP contribution in [-0.4, -0.2) is 63.5 Å². The molecule has 1 amide bonds. The van der Waals surface area contributed by atoms with Gasteiger partial charge in [0.15, 0.2) is 6.04 Å². The number of benzene rings is 1. The van der Waals surface area contributed by atoms with Crippen LogP contribution in [0.4, 0.5) is 4.79 Å². The van der Waals surface area contributed by atoms with Crippen molar-refractivity contribution in [2.75, 3.05) is 32.8 Å². The van der Waals surface area contributed by atoms with Crippen LogP contribution in [0.5, 0.6) is 5.88 Å². The van der Waals surface area contributed by atoms with Crippen LogP contribution < -0.4 is 4.90 Å². The van der Waals surface area contributed by atoms with Gasteiger partial charge >= 0.3 is 6.09 Å². The zero-order chi connectivity index (χ0) is 18.8. The number of quaternary nitrogens is 1. The van der Waals surface area contributed by atoms with E-state index in [9.17, 15) is 9.90 Å². The van der Waals surface area contributed by atoms with E-state index in [2.05, 4.69) is 22.2 Å². The van der Waals surface area contributed by atoms with Gasteiger partial charge in [0.1, 0.15) is 11.2 Å². The summed E-state index contributed by atoms with van der Waals surface area (Å²) in [5.74, 6) is 0.140. The van der Waals surface area contributed by atoms with Gasteiger partial charge in [-0.1, -0.05) is 41.7 Å². The Balaban J connectivity index is 1.63. The summed E-state index contributed by atoms with van der Waals surface area (Å²) in [5, 5.41) is 14.8. The summed E-state index contributed by atoms with van der Waals surface area (Å²) in [6.07, 6.45) is 1.19. The minimum atomic E-state index is -0.255. The van der Waals surface area contributed by atoms with E-state index in [-0.39, 0.29) is 18.0 Å². The van der Waals surface area contributed by atoms with E-state index in [1.54, 1.807) is 4.90 Å². The molecule has 27 heavy (non-hydrogen) atoms. The normalized spacial score (nSPS) is 16.6. The van der Waals surface area contributed by atoms with Gasteiger partial charge in [0.2, 0.25) is 10.8 Å². The Kier molecular flexibility index (Phi) is 4.95. The Bertz CT molecular complexity index is 918. The second-order valence-corrected chi connectivity index (χ2v) is 7.44. The average Bonchev–Trinajstić information content (AvgIpc) is 3.27. The van der Waals surface area contributed by atoms with Crippen LogP contribution in [0, 0.1) is 0 Å².